The van der Waals surface area contributed by atoms with E-state index in [0.717, 1.165) is 0 Å². The molecule has 0 N–H and O–H groups in total. The summed E-state index contributed by atoms with van der Waals surface area (Å²) in [4.78, 5) is 20.7. The number of nitrogens with zero attached hydrogens (tertiary/aromatic N) is 1. The smallest absolute Gasteiger partial charge is 0.266 e. The maximum absolute atomic E-state index is 10.4. The molecule has 2 amide bonds. The standard InChI is InChI=1S/C4H4ClNO2.CCl4/c5-6-3(7)1-2-4(6)8;2-1(3,4)5/h1-2H2;. The second kappa shape index (κ2) is 5.47. The van der Waals surface area contributed by atoms with E-state index >= 15 is 0 Å². The fraction of sp³-hybridized carbons (Fsp3) is 0.600. The number of carbonyl (C=O) groups is 2. The molecule has 1 fully saturated rings. The zero-order valence-corrected chi connectivity index (χ0v) is 9.85. The Balaban J connectivity index is 0.000000252. The van der Waals surface area contributed by atoms with Crippen LogP contribution in [0.1, 0.15) is 12.8 Å². The van der Waals surface area contributed by atoms with Gasteiger partial charge in [0, 0.05) is 24.6 Å². The van der Waals surface area contributed by atoms with Gasteiger partial charge in [0.05, 0.1) is 0 Å². The lowest BCUT2D eigenvalue weighted by Crippen LogP contribution is -2.16. The average Bonchev–Trinajstić information content (AvgIpc) is 2.16. The predicted octanol–water partition coefficient (Wildman–Crippen LogP) is 2.84. The Morgan fingerprint density at radius 1 is 1.00 bits per heavy atom. The molecule has 0 aromatic carbocycles. The van der Waals surface area contributed by atoms with Crippen molar-refractivity contribution in [3.63, 3.8) is 0 Å². The van der Waals surface area contributed by atoms with Crippen LogP contribution in [0, 0.1) is 0 Å². The molecule has 0 aliphatic carbocycles. The van der Waals surface area contributed by atoms with Gasteiger partial charge in [-0.05, 0) is 0 Å². The number of hydrogen-bond acceptors (Lipinski definition) is 2. The average molecular weight is 287 g/mol. The summed E-state index contributed by atoms with van der Waals surface area (Å²) < 4.78 is -0.972. The first kappa shape index (κ1) is 13.6. The van der Waals surface area contributed by atoms with E-state index in [1.807, 2.05) is 0 Å². The van der Waals surface area contributed by atoms with Crippen LogP contribution in [0.2, 0.25) is 0 Å². The highest BCUT2D eigenvalue weighted by atomic mass is 35.6. The number of rotatable bonds is 0. The monoisotopic (exact) mass is 285 g/mol. The number of imide groups is 1. The van der Waals surface area contributed by atoms with Crippen molar-refractivity contribution in [1.29, 1.82) is 0 Å². The lowest BCUT2D eigenvalue weighted by Gasteiger charge is -1.96. The molecule has 0 atom stereocenters. The molecule has 0 aromatic rings. The highest BCUT2D eigenvalue weighted by Gasteiger charge is 2.26. The third kappa shape index (κ3) is 7.65. The largest absolute Gasteiger partial charge is 0.273 e. The molecule has 76 valence electrons. The number of alkyl halides is 4. The molecule has 1 saturated heterocycles. The van der Waals surface area contributed by atoms with Crippen molar-refractivity contribution in [3.8, 4) is 0 Å². The highest BCUT2D eigenvalue weighted by Crippen LogP contribution is 2.29. The van der Waals surface area contributed by atoms with Gasteiger partial charge in [-0.3, -0.25) is 9.59 Å². The van der Waals surface area contributed by atoms with Crippen LogP contribution < -0.4 is 0 Å². The van der Waals surface area contributed by atoms with Crippen LogP contribution in [0.25, 0.3) is 0 Å². The van der Waals surface area contributed by atoms with Crippen LogP contribution in [0.3, 0.4) is 0 Å². The Bertz CT molecular complexity index is 191. The van der Waals surface area contributed by atoms with Crippen LogP contribution in [-0.2, 0) is 9.59 Å². The Kier molecular flexibility index (Phi) is 5.71. The van der Waals surface area contributed by atoms with Crippen molar-refractivity contribution in [3.05, 3.63) is 0 Å². The van der Waals surface area contributed by atoms with Crippen molar-refractivity contribution >= 4 is 70.0 Å². The molecule has 13 heavy (non-hydrogen) atoms. The Morgan fingerprint density at radius 3 is 1.31 bits per heavy atom. The molecule has 0 radical (unpaired) electrons. The van der Waals surface area contributed by atoms with Crippen LogP contribution in [-0.4, -0.2) is 19.5 Å². The maximum atomic E-state index is 10.4. The zero-order chi connectivity index (χ0) is 10.6. The SMILES string of the molecule is ClC(Cl)(Cl)Cl.O=C1CCC(=O)N1Cl. The van der Waals surface area contributed by atoms with Crippen molar-refractivity contribution in [2.75, 3.05) is 0 Å². The van der Waals surface area contributed by atoms with Gasteiger partial charge in [-0.25, -0.2) is 0 Å². The second-order valence-electron chi connectivity index (χ2n) is 2.00. The van der Waals surface area contributed by atoms with E-state index in [4.69, 9.17) is 58.2 Å². The predicted molar refractivity (Wildman–Crippen MR) is 53.1 cm³/mol. The van der Waals surface area contributed by atoms with Crippen molar-refractivity contribution < 1.29 is 9.59 Å². The lowest BCUT2D eigenvalue weighted by atomic mass is 10.4. The lowest BCUT2D eigenvalue weighted by molar-refractivity contribution is -0.132. The van der Waals surface area contributed by atoms with Gasteiger partial charge in [-0.15, -0.1) is 0 Å². The van der Waals surface area contributed by atoms with Gasteiger partial charge < -0.3 is 0 Å². The van der Waals surface area contributed by atoms with E-state index in [2.05, 4.69) is 0 Å². The van der Waals surface area contributed by atoms with E-state index < -0.39 is 3.25 Å². The summed E-state index contributed by atoms with van der Waals surface area (Å²) in [7, 11) is 0. The molecule has 0 aromatic heterocycles. The van der Waals surface area contributed by atoms with Gasteiger partial charge in [0.2, 0.25) is 11.8 Å². The van der Waals surface area contributed by atoms with Crippen LogP contribution in [0.15, 0.2) is 0 Å². The fourth-order valence-corrected chi connectivity index (χ4v) is 0.718. The van der Waals surface area contributed by atoms with E-state index in [-0.39, 0.29) is 24.7 Å². The Labute approximate surface area is 99.9 Å². The fourth-order valence-electron chi connectivity index (χ4n) is 0.549. The summed E-state index contributed by atoms with van der Waals surface area (Å²) in [5, 5.41) is 0. The number of carbonyl (C=O) groups excluding carboxylic acids is 2. The first-order valence-corrected chi connectivity index (χ1v) is 4.84. The van der Waals surface area contributed by atoms with Crippen LogP contribution in [0.5, 0.6) is 0 Å². The molecule has 1 rings (SSSR count). The zero-order valence-electron chi connectivity index (χ0n) is 6.07. The third-order valence-corrected chi connectivity index (χ3v) is 1.37. The number of halogens is 5. The second-order valence-corrected chi connectivity index (χ2v) is 5.76. The van der Waals surface area contributed by atoms with E-state index in [1.54, 1.807) is 0 Å². The van der Waals surface area contributed by atoms with Gasteiger partial charge in [-0.2, -0.15) is 4.42 Å². The molecule has 1 heterocycles. The minimum atomic E-state index is -1.61. The first-order chi connectivity index (χ1) is 5.72. The summed E-state index contributed by atoms with van der Waals surface area (Å²) in [5.41, 5.74) is 0. The van der Waals surface area contributed by atoms with Gasteiger partial charge in [0.1, 0.15) is 0 Å². The molecule has 0 unspecified atom stereocenters. The van der Waals surface area contributed by atoms with Crippen LogP contribution >= 0.6 is 58.2 Å². The molecule has 8 heteroatoms. The van der Waals surface area contributed by atoms with Crippen LogP contribution in [0.4, 0.5) is 0 Å². The summed E-state index contributed by atoms with van der Waals surface area (Å²) >= 11 is 24.5. The third-order valence-electron chi connectivity index (χ3n) is 0.991. The molecular formula is C5H4Cl5NO2. The molecule has 1 aliphatic rings. The highest BCUT2D eigenvalue weighted by molar-refractivity contribution is 6.83. The molecule has 0 bridgehead atoms. The molecule has 0 saturated carbocycles. The van der Waals surface area contributed by atoms with E-state index in [9.17, 15) is 9.59 Å². The first-order valence-electron chi connectivity index (χ1n) is 2.99. The van der Waals surface area contributed by atoms with E-state index in [0.29, 0.717) is 4.42 Å². The summed E-state index contributed by atoms with van der Waals surface area (Å²) in [6.07, 6.45) is 0.532. The minimum Gasteiger partial charge on any atom is -0.273 e. The quantitative estimate of drug-likeness (QED) is 0.390. The van der Waals surface area contributed by atoms with Crippen molar-refractivity contribution in [2.24, 2.45) is 0 Å². The van der Waals surface area contributed by atoms with Crippen molar-refractivity contribution in [1.82, 2.24) is 4.42 Å². The number of amides is 2. The normalized spacial score (nSPS) is 17.2. The molecule has 1 aliphatic heterocycles. The van der Waals surface area contributed by atoms with Gasteiger partial charge in [0.15, 0.2) is 0 Å². The topological polar surface area (TPSA) is 37.4 Å². The summed E-state index contributed by atoms with van der Waals surface area (Å²) in [6.45, 7) is 0. The molecule has 3 nitrogen and oxygen atoms in total. The summed E-state index contributed by atoms with van der Waals surface area (Å²) in [5.74, 6) is -0.590. The Morgan fingerprint density at radius 2 is 1.23 bits per heavy atom. The minimum absolute atomic E-state index is 0.266. The maximum Gasteiger partial charge on any atom is 0.266 e. The van der Waals surface area contributed by atoms with E-state index in [1.165, 1.54) is 0 Å². The molecule has 0 spiro atoms. The molecular weight excluding hydrogens is 283 g/mol. The van der Waals surface area contributed by atoms with Gasteiger partial charge >= 0.3 is 0 Å². The Hall–Kier alpha value is 0.590. The number of hydrogen-bond donors (Lipinski definition) is 0. The van der Waals surface area contributed by atoms with Gasteiger partial charge in [-0.1, -0.05) is 46.4 Å². The van der Waals surface area contributed by atoms with Gasteiger partial charge in [0.25, 0.3) is 3.25 Å². The van der Waals surface area contributed by atoms with Crippen molar-refractivity contribution in [2.45, 2.75) is 16.1 Å². The summed E-state index contributed by atoms with van der Waals surface area (Å²) in [6, 6.07) is 0.